The number of amides is 4. The van der Waals surface area contributed by atoms with Crippen LogP contribution in [-0.4, -0.2) is 123 Å². The zero-order chi connectivity index (χ0) is 50.2. The number of carbonyl (C=O) groups is 4. The molecule has 1 aliphatic heterocycles. The Morgan fingerprint density at radius 1 is 1.06 bits per heavy atom. The second kappa shape index (κ2) is 25.5. The molecule has 0 radical (unpaired) electrons. The molecule has 1 aromatic carbocycles. The number of methoxy groups -OCH3 is 2. The summed E-state index contributed by atoms with van der Waals surface area (Å²) in [5.41, 5.74) is 0.808. The number of carboxylic acid groups (broad SMARTS) is 1. The number of anilines is 2. The minimum Gasteiger partial charge on any atom is -0.778 e. The Kier molecular flexibility index (Phi) is 21.9. The number of aliphatic carboxylic acids is 1. The first-order valence-corrected chi connectivity index (χ1v) is 26.6. The average Bonchev–Trinajstić information content (AvgIpc) is 3.49. The quantitative estimate of drug-likeness (QED) is 0.0670. The van der Waals surface area contributed by atoms with E-state index in [1.165, 1.54) is 39.3 Å². The van der Waals surface area contributed by atoms with Crippen LogP contribution in [0.5, 0.6) is 17.5 Å². The van der Waals surface area contributed by atoms with Gasteiger partial charge in [0.25, 0.3) is 21.8 Å². The molecule has 22 nitrogen and oxygen atoms in total. The minimum atomic E-state index is -4.61. The fourth-order valence-corrected chi connectivity index (χ4v) is 8.34. The van der Waals surface area contributed by atoms with Crippen LogP contribution in [0.2, 0.25) is 5.02 Å². The molecule has 5 rings (SSSR count). The van der Waals surface area contributed by atoms with Gasteiger partial charge in [-0.1, -0.05) is 24.4 Å². The van der Waals surface area contributed by atoms with Gasteiger partial charge in [-0.15, -0.1) is 6.42 Å². The van der Waals surface area contributed by atoms with Crippen molar-refractivity contribution in [3.8, 4) is 29.9 Å². The third-order valence-electron chi connectivity index (χ3n) is 8.01. The predicted octanol–water partition coefficient (Wildman–Crippen LogP) is 2.47. The summed E-state index contributed by atoms with van der Waals surface area (Å²) in [4.78, 5) is 76.6. The van der Waals surface area contributed by atoms with Crippen LogP contribution < -0.4 is 39.4 Å². The molecule has 3 aromatic rings. The molecule has 2 unspecified atom stereocenters. The number of carboxylic acids is 1. The van der Waals surface area contributed by atoms with Crippen molar-refractivity contribution in [1.82, 2.24) is 25.0 Å². The third-order valence-corrected chi connectivity index (χ3v) is 12.1. The van der Waals surface area contributed by atoms with Gasteiger partial charge in [0.1, 0.15) is 24.1 Å². The molecule has 4 amide bonds. The number of nitrogens with zero attached hydrogens (tertiary/aromatic N) is 4. The number of carbonyl (C=O) groups excluding carboxylic acids is 3. The van der Waals surface area contributed by atoms with Gasteiger partial charge in [-0.2, -0.15) is 18.4 Å². The number of sulfone groups is 1. The van der Waals surface area contributed by atoms with Gasteiger partial charge in [-0.3, -0.25) is 25.0 Å². The molecule has 362 valence electrons. The molecule has 3 heterocycles. The summed E-state index contributed by atoms with van der Waals surface area (Å²) in [6.07, 6.45) is 14.4. The van der Waals surface area contributed by atoms with E-state index in [9.17, 15) is 49.9 Å². The largest absolute Gasteiger partial charge is 0.778 e. The summed E-state index contributed by atoms with van der Waals surface area (Å²) in [5, 5.41) is 11.3. The summed E-state index contributed by atoms with van der Waals surface area (Å²) < 4.78 is 90.4. The maximum Gasteiger partial charge on any atom is 0.335 e. The lowest BCUT2D eigenvalue weighted by Crippen LogP contribution is -2.36. The number of rotatable bonds is 14. The Morgan fingerprint density at radius 3 is 2.08 bits per heavy atom. The molecule has 1 aliphatic carbocycles. The Hall–Kier alpha value is -5.39. The molecular weight excluding hydrogens is 976 g/mol. The van der Waals surface area contributed by atoms with Gasteiger partial charge < -0.3 is 33.7 Å². The van der Waals surface area contributed by atoms with Crippen molar-refractivity contribution in [3.63, 3.8) is 0 Å². The zero-order valence-electron chi connectivity index (χ0n) is 36.5. The first-order chi connectivity index (χ1) is 30.7. The van der Waals surface area contributed by atoms with Crippen molar-refractivity contribution in [2.24, 2.45) is 0 Å². The highest BCUT2D eigenvalue weighted by atomic mass is 35.5. The molecule has 2 atom stereocenters. The average molecular weight is 1020 g/mol. The smallest absolute Gasteiger partial charge is 0.335 e. The lowest BCUT2D eigenvalue weighted by atomic mass is 9.93. The van der Waals surface area contributed by atoms with Crippen LogP contribution in [0.25, 0.3) is 0 Å². The maximum absolute atomic E-state index is 14.4. The molecule has 0 spiro atoms. The molecule has 0 saturated heterocycles. The maximum atomic E-state index is 14.4. The first kappa shape index (κ1) is 56.7. The topological polar surface area (TPSA) is 323 Å². The molecule has 2 aromatic heterocycles. The van der Waals surface area contributed by atoms with Gasteiger partial charge in [-0.05, 0) is 61.7 Å². The van der Waals surface area contributed by atoms with Gasteiger partial charge in [0, 0.05) is 23.4 Å². The number of hydrogen-bond acceptors (Lipinski definition) is 17. The number of hydrogen-bond donors (Lipinski definition) is 5. The van der Waals surface area contributed by atoms with E-state index >= 15 is 0 Å². The van der Waals surface area contributed by atoms with Gasteiger partial charge in [-0.25, -0.2) is 32.2 Å². The number of benzene rings is 1. The Labute approximate surface area is 388 Å². The van der Waals surface area contributed by atoms with Crippen molar-refractivity contribution < 1.29 is 74.1 Å². The number of halogens is 2. The molecule has 28 heteroatoms. The van der Waals surface area contributed by atoms with E-state index in [4.69, 9.17) is 42.2 Å². The number of urea groups is 1. The van der Waals surface area contributed by atoms with E-state index in [2.05, 4.69) is 45.0 Å². The normalized spacial score (nSPS) is 14.6. The van der Waals surface area contributed by atoms with Crippen molar-refractivity contribution in [3.05, 3.63) is 58.5 Å². The Morgan fingerprint density at radius 2 is 1.61 bits per heavy atom. The fourth-order valence-electron chi connectivity index (χ4n) is 5.20. The first-order valence-electron chi connectivity index (χ1n) is 18.9. The monoisotopic (exact) mass is 1020 g/mol. The molecule has 0 fully saturated rings. The number of aromatic nitrogens is 3. The second-order valence-electron chi connectivity index (χ2n) is 13.7. The highest BCUT2D eigenvalue weighted by Gasteiger charge is 2.41. The molecule has 0 bridgehead atoms. The number of terminal acetylenes is 1. The molecule has 66 heavy (non-hydrogen) atoms. The van der Waals surface area contributed by atoms with E-state index < -0.39 is 85.9 Å². The van der Waals surface area contributed by atoms with Crippen LogP contribution in [-0.2, 0) is 49.7 Å². The van der Waals surface area contributed by atoms with E-state index in [0.717, 1.165) is 36.1 Å². The second-order valence-corrected chi connectivity index (χ2v) is 21.9. The number of sulfonamides is 1. The van der Waals surface area contributed by atoms with Gasteiger partial charge >= 0.3 is 12.0 Å². The van der Waals surface area contributed by atoms with Crippen molar-refractivity contribution >= 4 is 85.4 Å². The lowest BCUT2D eigenvalue weighted by Gasteiger charge is -2.19. The van der Waals surface area contributed by atoms with Crippen molar-refractivity contribution in [2.75, 3.05) is 61.8 Å². The standard InChI is InChI=1S/C18H15ClFNO3.C14H17N5O7S2.C3H8NO5P.C3H9S/c1-3-10(2)24-16-9-15(14(20)8-13(16)19)21-17(22)11-6-4-5-7-12(11)18(21)23;1-4-27(21,22)9-6-5-7-15-12(9)28(23,24)19-14(20)18-13-16-10(25-2)8-11(17-13)26-3;5-3(6)1-4-2-10(7,8)9;1-4(2)3/h1,8-10H,4-7H2,2H3;5-8H,4H2,1-3H3,(H2,16,17,18,19,20);4H,1-2H2,(H,5,6)(H2,7,8,9);1-3H3/q;;;+1/p-1. The van der Waals surface area contributed by atoms with E-state index in [1.807, 2.05) is 5.32 Å². The van der Waals surface area contributed by atoms with Crippen molar-refractivity contribution in [1.29, 1.82) is 0 Å². The van der Waals surface area contributed by atoms with Crippen LogP contribution in [0.15, 0.2) is 57.6 Å². The number of ether oxygens (including phenoxy) is 3. The minimum absolute atomic E-state index is 0.0233. The van der Waals surface area contributed by atoms with E-state index in [1.54, 1.807) is 11.6 Å². The summed E-state index contributed by atoms with van der Waals surface area (Å²) >= 11 is 5.97. The number of nitrogens with one attached hydrogen (secondary N) is 3. The predicted molar refractivity (Wildman–Crippen MR) is 240 cm³/mol. The SMILES string of the molecule is C#CC(C)Oc1cc(N2C(=O)C3=C(CCCC3)C2=O)c(F)cc1Cl.CCS(=O)(=O)c1cccnc1S(=O)(=O)NC(=O)Nc1nc(OC)cc(OC)n1.C[S+](C)C.O=C(O)CNCP(=O)([O-])O. The van der Waals surface area contributed by atoms with E-state index in [-0.39, 0.29) is 39.9 Å². The molecule has 5 N–H and O–H groups in total. The van der Waals surface area contributed by atoms with Gasteiger partial charge in [0.05, 0.1) is 68.3 Å². The highest BCUT2D eigenvalue weighted by molar-refractivity contribution is 7.94. The highest BCUT2D eigenvalue weighted by Crippen LogP contribution is 2.40. The summed E-state index contributed by atoms with van der Waals surface area (Å²) in [7, 11) is -9.56. The van der Waals surface area contributed by atoms with Crippen LogP contribution in [0.4, 0.5) is 20.8 Å². The Balaban J connectivity index is 0.000000355. The van der Waals surface area contributed by atoms with Crippen LogP contribution in [0, 0.1) is 18.2 Å². The summed E-state index contributed by atoms with van der Waals surface area (Å²) in [5.74, 6) is -0.885. The van der Waals surface area contributed by atoms with Gasteiger partial charge in [0.15, 0.2) is 21.0 Å². The summed E-state index contributed by atoms with van der Waals surface area (Å²) in [6, 6.07) is 4.75. The fraction of sp³-hybridized carbons (Fsp3) is 0.395. The number of pyridine rings is 1. The zero-order valence-corrected chi connectivity index (χ0v) is 40.6. The number of imide groups is 1. The van der Waals surface area contributed by atoms with E-state index in [0.29, 0.717) is 34.9 Å². The van der Waals surface area contributed by atoms with Crippen LogP contribution in [0.1, 0.15) is 39.5 Å². The Bertz CT molecular complexity index is 2560. The molecule has 2 aliphatic rings. The molecule has 0 saturated carbocycles. The lowest BCUT2D eigenvalue weighted by molar-refractivity contribution is -0.193. The van der Waals surface area contributed by atoms with Gasteiger partial charge in [0.2, 0.25) is 17.7 Å². The third kappa shape index (κ3) is 17.4. The van der Waals surface area contributed by atoms with Crippen LogP contribution in [0.3, 0.4) is 0 Å². The van der Waals surface area contributed by atoms with Crippen LogP contribution >= 0.6 is 19.2 Å². The molecular formula is C38H48ClFN7O15PS3. The van der Waals surface area contributed by atoms with Crippen molar-refractivity contribution in [2.45, 2.75) is 55.6 Å². The summed E-state index contributed by atoms with van der Waals surface area (Å²) in [6.45, 7) is 2.50.